The summed E-state index contributed by atoms with van der Waals surface area (Å²) in [4.78, 5) is 21.9. The molecule has 6 heteroatoms. The van der Waals surface area contributed by atoms with Gasteiger partial charge in [-0.1, -0.05) is 30.8 Å². The maximum absolute atomic E-state index is 11.5. The first-order valence-corrected chi connectivity index (χ1v) is 7.34. The SMILES string of the molecule is C=C(Cc1ccc(-n2cc3cccc(C(N)=O)c3n2)cc1)NC=O. The van der Waals surface area contributed by atoms with Crippen molar-refractivity contribution in [2.24, 2.45) is 5.73 Å². The van der Waals surface area contributed by atoms with Crippen LogP contribution in [0, 0.1) is 0 Å². The van der Waals surface area contributed by atoms with Gasteiger partial charge in [0.05, 0.1) is 11.3 Å². The van der Waals surface area contributed by atoms with Crippen LogP contribution in [0.4, 0.5) is 0 Å². The summed E-state index contributed by atoms with van der Waals surface area (Å²) in [7, 11) is 0. The maximum Gasteiger partial charge on any atom is 0.250 e. The summed E-state index contributed by atoms with van der Waals surface area (Å²) in [5.41, 5.74) is 8.89. The van der Waals surface area contributed by atoms with Crippen molar-refractivity contribution < 1.29 is 9.59 Å². The second kappa shape index (κ2) is 6.37. The van der Waals surface area contributed by atoms with Gasteiger partial charge in [-0.3, -0.25) is 9.59 Å². The summed E-state index contributed by atoms with van der Waals surface area (Å²) < 4.78 is 1.71. The Morgan fingerprint density at radius 3 is 2.67 bits per heavy atom. The van der Waals surface area contributed by atoms with Crippen LogP contribution in [0.25, 0.3) is 16.6 Å². The smallest absolute Gasteiger partial charge is 0.250 e. The number of carbonyl (C=O) groups excluding carboxylic acids is 2. The molecule has 0 fully saturated rings. The summed E-state index contributed by atoms with van der Waals surface area (Å²) in [6, 6.07) is 13.0. The van der Waals surface area contributed by atoms with Crippen LogP contribution in [0.15, 0.2) is 60.9 Å². The van der Waals surface area contributed by atoms with Crippen LogP contribution >= 0.6 is 0 Å². The molecular formula is C18H16N4O2. The summed E-state index contributed by atoms with van der Waals surface area (Å²) >= 11 is 0. The largest absolute Gasteiger partial charge is 0.366 e. The lowest BCUT2D eigenvalue weighted by atomic mass is 10.1. The highest BCUT2D eigenvalue weighted by Crippen LogP contribution is 2.20. The summed E-state index contributed by atoms with van der Waals surface area (Å²) in [5.74, 6) is -0.498. The fourth-order valence-corrected chi connectivity index (χ4v) is 2.52. The van der Waals surface area contributed by atoms with E-state index in [0.29, 0.717) is 29.6 Å². The number of hydrogen-bond donors (Lipinski definition) is 2. The average Bonchev–Trinajstić information content (AvgIpc) is 2.99. The van der Waals surface area contributed by atoms with E-state index in [-0.39, 0.29) is 0 Å². The van der Waals surface area contributed by atoms with E-state index in [1.54, 1.807) is 16.8 Å². The number of nitrogens with two attached hydrogens (primary N) is 1. The van der Waals surface area contributed by atoms with Crippen molar-refractivity contribution in [3.8, 4) is 5.69 Å². The van der Waals surface area contributed by atoms with Crippen molar-refractivity contribution in [2.45, 2.75) is 6.42 Å². The zero-order valence-corrected chi connectivity index (χ0v) is 12.9. The van der Waals surface area contributed by atoms with Crippen LogP contribution in [-0.2, 0) is 11.2 Å². The molecule has 0 radical (unpaired) electrons. The normalized spacial score (nSPS) is 10.5. The highest BCUT2D eigenvalue weighted by atomic mass is 16.1. The lowest BCUT2D eigenvalue weighted by Crippen LogP contribution is -2.11. The third-order valence-electron chi connectivity index (χ3n) is 3.68. The van der Waals surface area contributed by atoms with Crippen LogP contribution < -0.4 is 11.1 Å². The third-order valence-corrected chi connectivity index (χ3v) is 3.68. The van der Waals surface area contributed by atoms with Gasteiger partial charge in [0, 0.05) is 23.7 Å². The molecule has 2 amide bonds. The standard InChI is InChI=1S/C18H16N4O2/c1-12(20-11-23)9-13-5-7-15(8-6-13)22-10-14-3-2-4-16(18(19)24)17(14)21-22/h2-8,10-11H,1,9H2,(H2,19,24)(H,20,23). The van der Waals surface area contributed by atoms with Crippen molar-refractivity contribution >= 4 is 23.2 Å². The van der Waals surface area contributed by atoms with Gasteiger partial charge in [-0.05, 0) is 23.8 Å². The van der Waals surface area contributed by atoms with E-state index >= 15 is 0 Å². The number of nitrogens with zero attached hydrogens (tertiary/aromatic N) is 2. The Balaban J connectivity index is 1.90. The number of aromatic nitrogens is 2. The number of benzene rings is 2. The lowest BCUT2D eigenvalue weighted by molar-refractivity contribution is -0.108. The second-order valence-corrected chi connectivity index (χ2v) is 5.39. The van der Waals surface area contributed by atoms with Gasteiger partial charge in [0.2, 0.25) is 6.41 Å². The van der Waals surface area contributed by atoms with Crippen molar-refractivity contribution in [3.63, 3.8) is 0 Å². The maximum atomic E-state index is 11.5. The molecular weight excluding hydrogens is 304 g/mol. The van der Waals surface area contributed by atoms with E-state index in [1.165, 1.54) is 0 Å². The van der Waals surface area contributed by atoms with Crippen LogP contribution in [0.2, 0.25) is 0 Å². The number of allylic oxidation sites excluding steroid dienone is 1. The monoisotopic (exact) mass is 320 g/mol. The first-order chi connectivity index (χ1) is 11.6. The number of amides is 2. The molecule has 0 saturated heterocycles. The van der Waals surface area contributed by atoms with Gasteiger partial charge >= 0.3 is 0 Å². The minimum atomic E-state index is -0.498. The highest BCUT2D eigenvalue weighted by molar-refractivity contribution is 6.04. The first kappa shape index (κ1) is 15.5. The Labute approximate surface area is 138 Å². The van der Waals surface area contributed by atoms with Crippen molar-refractivity contribution in [3.05, 3.63) is 72.1 Å². The van der Waals surface area contributed by atoms with Crippen LogP contribution in [0.3, 0.4) is 0 Å². The van der Waals surface area contributed by atoms with Gasteiger partial charge in [0.15, 0.2) is 0 Å². The minimum absolute atomic E-state index is 0.402. The molecule has 120 valence electrons. The molecule has 1 heterocycles. The molecule has 3 rings (SSSR count). The molecule has 0 unspecified atom stereocenters. The van der Waals surface area contributed by atoms with E-state index < -0.39 is 5.91 Å². The molecule has 0 spiro atoms. The Morgan fingerprint density at radius 1 is 1.25 bits per heavy atom. The quantitative estimate of drug-likeness (QED) is 0.680. The van der Waals surface area contributed by atoms with Gasteiger partial charge in [-0.15, -0.1) is 0 Å². The number of hydrogen-bond acceptors (Lipinski definition) is 3. The number of carbonyl (C=O) groups is 2. The Morgan fingerprint density at radius 2 is 2.00 bits per heavy atom. The number of rotatable bonds is 6. The Bertz CT molecular complexity index is 926. The molecule has 0 aliphatic heterocycles. The topological polar surface area (TPSA) is 90.0 Å². The fraction of sp³-hybridized carbons (Fsp3) is 0.0556. The van der Waals surface area contributed by atoms with Crippen LogP contribution in [-0.4, -0.2) is 22.1 Å². The second-order valence-electron chi connectivity index (χ2n) is 5.39. The van der Waals surface area contributed by atoms with Crippen molar-refractivity contribution in [2.75, 3.05) is 0 Å². The molecule has 2 aromatic carbocycles. The predicted octanol–water partition coefficient (Wildman–Crippen LogP) is 1.93. The van der Waals surface area contributed by atoms with Gasteiger partial charge in [0.1, 0.15) is 5.52 Å². The summed E-state index contributed by atoms with van der Waals surface area (Å²) in [6.45, 7) is 3.77. The van der Waals surface area contributed by atoms with Gasteiger partial charge in [-0.2, -0.15) is 5.10 Å². The van der Waals surface area contributed by atoms with Gasteiger partial charge < -0.3 is 11.1 Å². The van der Waals surface area contributed by atoms with Crippen LogP contribution in [0.1, 0.15) is 15.9 Å². The van der Waals surface area contributed by atoms with Crippen molar-refractivity contribution in [1.29, 1.82) is 0 Å². The molecule has 1 aromatic heterocycles. The van der Waals surface area contributed by atoms with Crippen LogP contribution in [0.5, 0.6) is 0 Å². The van der Waals surface area contributed by atoms with Gasteiger partial charge in [-0.25, -0.2) is 4.68 Å². The molecule has 0 bridgehead atoms. The third kappa shape index (κ3) is 3.03. The molecule has 3 aromatic rings. The highest BCUT2D eigenvalue weighted by Gasteiger charge is 2.10. The molecule has 6 nitrogen and oxygen atoms in total. The predicted molar refractivity (Wildman–Crippen MR) is 91.6 cm³/mol. The molecule has 0 aliphatic rings. The summed E-state index contributed by atoms with van der Waals surface area (Å²) in [5, 5.41) is 7.85. The Hall–Kier alpha value is -3.41. The number of fused-ring (bicyclic) bond motifs is 1. The fourth-order valence-electron chi connectivity index (χ4n) is 2.52. The van der Waals surface area contributed by atoms with E-state index in [2.05, 4.69) is 17.0 Å². The lowest BCUT2D eigenvalue weighted by Gasteiger charge is -2.06. The van der Waals surface area contributed by atoms with E-state index in [0.717, 1.165) is 16.6 Å². The van der Waals surface area contributed by atoms with Gasteiger partial charge in [0.25, 0.3) is 5.91 Å². The molecule has 0 saturated carbocycles. The number of nitrogens with one attached hydrogen (secondary N) is 1. The van der Waals surface area contributed by atoms with Crippen molar-refractivity contribution in [1.82, 2.24) is 15.1 Å². The molecule has 24 heavy (non-hydrogen) atoms. The molecule has 0 atom stereocenters. The molecule has 3 N–H and O–H groups in total. The van der Waals surface area contributed by atoms with E-state index in [1.807, 2.05) is 36.5 Å². The van der Waals surface area contributed by atoms with E-state index in [9.17, 15) is 9.59 Å². The summed E-state index contributed by atoms with van der Waals surface area (Å²) in [6.07, 6.45) is 3.03. The zero-order chi connectivity index (χ0) is 17.1. The minimum Gasteiger partial charge on any atom is -0.366 e. The first-order valence-electron chi connectivity index (χ1n) is 7.34. The van der Waals surface area contributed by atoms with E-state index in [4.69, 9.17) is 5.73 Å². The zero-order valence-electron chi connectivity index (χ0n) is 12.9. The molecule has 0 aliphatic carbocycles. The average molecular weight is 320 g/mol. The Kier molecular flexibility index (Phi) is 4.11. The number of primary amides is 1.